The van der Waals surface area contributed by atoms with Gasteiger partial charge < -0.3 is 20.3 Å². The molecule has 1 atom stereocenters. The molecule has 2 aliphatic heterocycles. The van der Waals surface area contributed by atoms with Crippen LogP contribution in [0.1, 0.15) is 42.7 Å². The van der Waals surface area contributed by atoms with Gasteiger partial charge >= 0.3 is 6.01 Å². The highest BCUT2D eigenvalue weighted by Gasteiger charge is 2.43. The Labute approximate surface area is 256 Å². The van der Waals surface area contributed by atoms with E-state index in [1.54, 1.807) is 25.8 Å². The predicted octanol–water partition coefficient (Wildman–Crippen LogP) is 4.28. The molecule has 0 saturated carbocycles. The van der Waals surface area contributed by atoms with Crippen molar-refractivity contribution < 1.29 is 22.7 Å². The Balaban J connectivity index is 0.000000399. The number of hydrogen-bond donors (Lipinski definition) is 2. The van der Waals surface area contributed by atoms with Gasteiger partial charge in [-0.1, -0.05) is 6.58 Å². The third kappa shape index (κ3) is 7.53. The number of carbonyl (C=O) groups is 1. The standard InChI is InChI=1S/C22H27F2N7O.C7H12FNO.H2S/c1-12-6-17-16(8-26-29-17)19(13(12)2)31-5-4-15-18(9-31)27-21(28-20(15)25)32-10-14-7-22(23,24)11-30(14)3;1-4-9(5-2)7(10)6(3)8;/h6,8,14H,4-5,7,9-11H2,1-3H3,(H,26,29)(H2,25,27,28);3-5H2,1-2H3;1H2/t14-;;/m0../s1. The van der Waals surface area contributed by atoms with Crippen molar-refractivity contribution in [3.05, 3.63) is 47.1 Å². The summed E-state index contributed by atoms with van der Waals surface area (Å²) in [6.45, 7) is 12.9. The minimum absolute atomic E-state index is 0. The summed E-state index contributed by atoms with van der Waals surface area (Å²) in [5, 5.41) is 8.34. The summed E-state index contributed by atoms with van der Waals surface area (Å²) in [5.41, 5.74) is 12.5. The van der Waals surface area contributed by atoms with Crippen LogP contribution in [0.25, 0.3) is 10.9 Å². The Bertz CT molecular complexity index is 1460. The molecule has 0 bridgehead atoms. The Morgan fingerprint density at radius 1 is 1.28 bits per heavy atom. The van der Waals surface area contributed by atoms with Gasteiger partial charge in [-0.25, -0.2) is 13.2 Å². The second-order valence-electron chi connectivity index (χ2n) is 10.8. The molecule has 3 aromatic rings. The van der Waals surface area contributed by atoms with Crippen molar-refractivity contribution in [2.45, 2.75) is 59.0 Å². The molecule has 0 spiro atoms. The first-order valence-electron chi connectivity index (χ1n) is 14.0. The monoisotopic (exact) mass is 622 g/mol. The van der Waals surface area contributed by atoms with Gasteiger partial charge in [0.2, 0.25) is 0 Å². The molecular formula is C29H41F3N8O2S. The second-order valence-corrected chi connectivity index (χ2v) is 10.8. The van der Waals surface area contributed by atoms with E-state index >= 15 is 0 Å². The fraction of sp³-hybridized carbons (Fsp3) is 0.517. The van der Waals surface area contributed by atoms with Crippen LogP contribution in [0.4, 0.5) is 24.7 Å². The van der Waals surface area contributed by atoms with Crippen LogP contribution in [0.5, 0.6) is 6.01 Å². The van der Waals surface area contributed by atoms with Gasteiger partial charge in [0.05, 0.1) is 36.2 Å². The lowest BCUT2D eigenvalue weighted by molar-refractivity contribution is -0.128. The zero-order valence-electron chi connectivity index (χ0n) is 25.3. The summed E-state index contributed by atoms with van der Waals surface area (Å²) >= 11 is 0. The van der Waals surface area contributed by atoms with E-state index in [9.17, 15) is 18.0 Å². The molecule has 0 aliphatic carbocycles. The molecule has 1 amide bonds. The number of H-pyrrole nitrogens is 1. The summed E-state index contributed by atoms with van der Waals surface area (Å²) in [4.78, 5) is 24.9. The van der Waals surface area contributed by atoms with Gasteiger partial charge in [-0.3, -0.25) is 14.8 Å². The highest BCUT2D eigenvalue weighted by atomic mass is 32.1. The number of nitrogen functional groups attached to an aromatic ring is 1. The number of carbonyl (C=O) groups excluding carboxylic acids is 1. The van der Waals surface area contributed by atoms with Crippen LogP contribution in [0.2, 0.25) is 0 Å². The van der Waals surface area contributed by atoms with E-state index in [1.165, 1.54) is 16.0 Å². The van der Waals surface area contributed by atoms with Gasteiger partial charge in [-0.05, 0) is 58.4 Å². The fourth-order valence-corrected chi connectivity index (χ4v) is 5.51. The molecule has 1 saturated heterocycles. The predicted molar refractivity (Wildman–Crippen MR) is 167 cm³/mol. The van der Waals surface area contributed by atoms with Gasteiger partial charge in [0, 0.05) is 43.0 Å². The lowest BCUT2D eigenvalue weighted by atomic mass is 9.99. The first-order valence-corrected chi connectivity index (χ1v) is 14.0. The molecule has 236 valence electrons. The number of nitrogens with one attached hydrogen (secondary N) is 1. The molecule has 43 heavy (non-hydrogen) atoms. The molecule has 14 heteroatoms. The minimum atomic E-state index is -2.69. The van der Waals surface area contributed by atoms with Gasteiger partial charge in [0.15, 0.2) is 5.83 Å². The van der Waals surface area contributed by atoms with Crippen molar-refractivity contribution in [3.8, 4) is 6.01 Å². The quantitative estimate of drug-likeness (QED) is 0.375. The number of likely N-dealkylation sites (N-methyl/N-ethyl adjacent to an activating group) is 2. The minimum Gasteiger partial charge on any atom is -0.462 e. The van der Waals surface area contributed by atoms with E-state index in [1.807, 2.05) is 6.20 Å². The highest BCUT2D eigenvalue weighted by molar-refractivity contribution is 7.59. The Hall–Kier alpha value is -3.52. The highest BCUT2D eigenvalue weighted by Crippen LogP contribution is 2.36. The number of alkyl halides is 2. The van der Waals surface area contributed by atoms with E-state index in [0.29, 0.717) is 31.9 Å². The first kappa shape index (κ1) is 34.0. The number of nitrogens with zero attached hydrogens (tertiary/aromatic N) is 6. The third-order valence-electron chi connectivity index (χ3n) is 7.95. The normalized spacial score (nSPS) is 17.5. The van der Waals surface area contributed by atoms with Gasteiger partial charge in [0.1, 0.15) is 12.4 Å². The topological polar surface area (TPSA) is 116 Å². The van der Waals surface area contributed by atoms with E-state index in [-0.39, 0.29) is 45.1 Å². The average Bonchev–Trinajstić information content (AvgIpc) is 3.50. The van der Waals surface area contributed by atoms with Gasteiger partial charge in [-0.15, -0.1) is 0 Å². The second kappa shape index (κ2) is 13.8. The summed E-state index contributed by atoms with van der Waals surface area (Å²) in [6.07, 6.45) is 2.33. The maximum absolute atomic E-state index is 13.7. The van der Waals surface area contributed by atoms with Crippen molar-refractivity contribution >= 4 is 41.8 Å². The maximum atomic E-state index is 13.7. The number of hydrogen-bond acceptors (Lipinski definition) is 8. The largest absolute Gasteiger partial charge is 0.462 e. The Morgan fingerprint density at radius 2 is 1.98 bits per heavy atom. The Morgan fingerprint density at radius 3 is 2.56 bits per heavy atom. The van der Waals surface area contributed by atoms with Crippen molar-refractivity contribution in [1.82, 2.24) is 30.0 Å². The van der Waals surface area contributed by atoms with Crippen LogP contribution in [-0.4, -0.2) is 87.7 Å². The molecule has 0 radical (unpaired) electrons. The zero-order valence-corrected chi connectivity index (χ0v) is 26.3. The number of likely N-dealkylation sites (tertiary alicyclic amines) is 1. The van der Waals surface area contributed by atoms with Crippen LogP contribution in [-0.2, 0) is 17.8 Å². The smallest absolute Gasteiger partial charge is 0.318 e. The number of rotatable bonds is 7. The van der Waals surface area contributed by atoms with Crippen molar-refractivity contribution in [3.63, 3.8) is 0 Å². The van der Waals surface area contributed by atoms with E-state index < -0.39 is 17.7 Å². The Kier molecular flexibility index (Phi) is 10.9. The number of halogens is 3. The zero-order chi connectivity index (χ0) is 30.8. The molecule has 2 aliphatic rings. The van der Waals surface area contributed by atoms with Crippen LogP contribution in [0.3, 0.4) is 0 Å². The molecular weight excluding hydrogens is 581 g/mol. The van der Waals surface area contributed by atoms with E-state index in [2.05, 4.69) is 51.6 Å². The number of nitrogens with two attached hydrogens (primary N) is 1. The number of benzene rings is 1. The number of fused-ring (bicyclic) bond motifs is 2. The fourth-order valence-electron chi connectivity index (χ4n) is 5.51. The van der Waals surface area contributed by atoms with Crippen LogP contribution < -0.4 is 15.4 Å². The molecule has 0 unspecified atom stereocenters. The van der Waals surface area contributed by atoms with Crippen molar-refractivity contribution in [1.29, 1.82) is 0 Å². The molecule has 5 rings (SSSR count). The third-order valence-corrected chi connectivity index (χ3v) is 7.95. The molecule has 1 fully saturated rings. The van der Waals surface area contributed by atoms with Crippen LogP contribution >= 0.6 is 13.5 Å². The summed E-state index contributed by atoms with van der Waals surface area (Å²) in [5.74, 6) is -3.79. The average molecular weight is 623 g/mol. The van der Waals surface area contributed by atoms with Crippen LogP contribution in [0.15, 0.2) is 24.7 Å². The van der Waals surface area contributed by atoms with Crippen molar-refractivity contribution in [2.75, 3.05) is 50.5 Å². The van der Waals surface area contributed by atoms with E-state index in [4.69, 9.17) is 10.5 Å². The number of aromatic nitrogens is 4. The molecule has 4 heterocycles. The summed E-state index contributed by atoms with van der Waals surface area (Å²) in [7, 11) is 1.68. The summed E-state index contributed by atoms with van der Waals surface area (Å²) in [6, 6.07) is 1.86. The summed E-state index contributed by atoms with van der Waals surface area (Å²) < 4.78 is 45.2. The first-order chi connectivity index (χ1) is 19.8. The molecule has 3 N–H and O–H groups in total. The van der Waals surface area contributed by atoms with Crippen LogP contribution in [0, 0.1) is 13.8 Å². The molecule has 10 nitrogen and oxygen atoms in total. The lowest BCUT2D eigenvalue weighted by Gasteiger charge is -2.32. The maximum Gasteiger partial charge on any atom is 0.318 e. The molecule has 1 aromatic carbocycles. The number of aryl methyl sites for hydroxylation is 1. The van der Waals surface area contributed by atoms with E-state index in [0.717, 1.165) is 34.4 Å². The SMILES string of the molecule is C=C(F)C(=O)N(CC)CC.Cc1cc2[nH]ncc2c(N2CCc3c(N)nc(OC[C@@H]4CC(F)(F)CN4C)nc3C2)c1C.S. The van der Waals surface area contributed by atoms with Gasteiger partial charge in [-0.2, -0.15) is 28.6 Å². The van der Waals surface area contributed by atoms with Gasteiger partial charge in [0.25, 0.3) is 11.8 Å². The lowest BCUT2D eigenvalue weighted by Crippen LogP contribution is -2.33. The number of amides is 1. The number of aromatic amines is 1. The number of ether oxygens (including phenoxy) is 1. The van der Waals surface area contributed by atoms with Crippen molar-refractivity contribution in [2.24, 2.45) is 0 Å². The molecule has 2 aromatic heterocycles. The number of anilines is 2.